The summed E-state index contributed by atoms with van der Waals surface area (Å²) in [4.78, 5) is 8.38. The normalized spacial score (nSPS) is 21.9. The molecule has 4 rings (SSSR count). The Morgan fingerprint density at radius 1 is 1.21 bits per heavy atom. The number of rotatable bonds is 3. The summed E-state index contributed by atoms with van der Waals surface area (Å²) in [6, 6.07) is 0. The van der Waals surface area contributed by atoms with Crippen molar-refractivity contribution in [3.63, 3.8) is 0 Å². The molecule has 0 radical (unpaired) electrons. The van der Waals surface area contributed by atoms with Crippen molar-refractivity contribution in [2.75, 3.05) is 5.75 Å². The van der Waals surface area contributed by atoms with Crippen LogP contribution in [0.15, 0.2) is 10.0 Å². The van der Waals surface area contributed by atoms with Crippen LogP contribution in [0.3, 0.4) is 0 Å². The molecule has 1 atom stereocenters. The van der Waals surface area contributed by atoms with E-state index in [1.165, 1.54) is 9.25 Å². The highest BCUT2D eigenvalue weighted by Gasteiger charge is 2.52. The fourth-order valence-electron chi connectivity index (χ4n) is 3.89. The van der Waals surface area contributed by atoms with E-state index < -0.39 is 21.4 Å². The van der Waals surface area contributed by atoms with Gasteiger partial charge in [-0.3, -0.25) is 4.57 Å². The van der Waals surface area contributed by atoms with Crippen LogP contribution in [-0.2, 0) is 36.1 Å². The minimum absolute atomic E-state index is 0.0977. The summed E-state index contributed by atoms with van der Waals surface area (Å²) in [7, 11) is -2.00. The van der Waals surface area contributed by atoms with Gasteiger partial charge in [-0.25, -0.2) is 18.4 Å². The summed E-state index contributed by atoms with van der Waals surface area (Å²) in [5.41, 5.74) is -0.526. The molecule has 1 aliphatic carbocycles. The van der Waals surface area contributed by atoms with Gasteiger partial charge in [-0.05, 0) is 32.6 Å². The van der Waals surface area contributed by atoms with Crippen LogP contribution in [0.4, 0.5) is 19.0 Å². The average molecular weight is 429 g/mol. The van der Waals surface area contributed by atoms with Gasteiger partial charge in [0, 0.05) is 25.2 Å². The number of aromatic nitrogens is 4. The van der Waals surface area contributed by atoms with Crippen LogP contribution >= 0.6 is 0 Å². The van der Waals surface area contributed by atoms with Crippen LogP contribution in [0.25, 0.3) is 5.95 Å². The molecule has 0 fully saturated rings. The molecule has 0 spiro atoms. The maximum absolute atomic E-state index is 13.4. The summed E-state index contributed by atoms with van der Waals surface area (Å²) in [6.45, 7) is 2.64. The number of imidazole rings is 1. The first-order valence-corrected chi connectivity index (χ1v) is 11.1. The summed E-state index contributed by atoms with van der Waals surface area (Å²) < 4.78 is 68.8. The Morgan fingerprint density at radius 3 is 2.55 bits per heavy atom. The van der Waals surface area contributed by atoms with Gasteiger partial charge in [0.15, 0.2) is 20.7 Å². The van der Waals surface area contributed by atoms with Gasteiger partial charge in [-0.15, -0.1) is 0 Å². The lowest BCUT2D eigenvalue weighted by molar-refractivity contribution is -0.190. The molecule has 0 saturated heterocycles. The number of fused-ring (bicyclic) bond motifs is 2. The van der Waals surface area contributed by atoms with Crippen molar-refractivity contribution in [1.29, 1.82) is 0 Å². The zero-order valence-electron chi connectivity index (χ0n) is 16.4. The lowest BCUT2D eigenvalue weighted by Crippen LogP contribution is -2.40. The molecule has 0 N–H and O–H groups in total. The number of halogens is 3. The number of aliphatic imine (C=N–C) groups is 1. The molecule has 2 aromatic rings. The molecular formula is C18H22F3N5O2S. The van der Waals surface area contributed by atoms with Gasteiger partial charge in [0.1, 0.15) is 5.41 Å². The molecule has 158 valence electrons. The topological polar surface area (TPSA) is 82.1 Å². The minimum Gasteiger partial charge on any atom is -0.296 e. The van der Waals surface area contributed by atoms with E-state index >= 15 is 0 Å². The van der Waals surface area contributed by atoms with Crippen molar-refractivity contribution in [3.8, 4) is 5.95 Å². The van der Waals surface area contributed by atoms with Gasteiger partial charge in [-0.2, -0.15) is 23.0 Å². The highest BCUT2D eigenvalue weighted by molar-refractivity contribution is 7.91. The summed E-state index contributed by atoms with van der Waals surface area (Å²) in [5.74, 6) is 0.356. The zero-order valence-corrected chi connectivity index (χ0v) is 17.2. The van der Waals surface area contributed by atoms with Crippen molar-refractivity contribution in [2.45, 2.75) is 57.2 Å². The lowest BCUT2D eigenvalue weighted by Gasteiger charge is -2.29. The second-order valence-corrected chi connectivity index (χ2v) is 10.0. The van der Waals surface area contributed by atoms with Crippen LogP contribution in [0.2, 0.25) is 0 Å². The number of aryl methyl sites for hydroxylation is 1. The summed E-state index contributed by atoms with van der Waals surface area (Å²) in [6.07, 6.45) is -0.857. The fourth-order valence-corrected chi connectivity index (χ4v) is 5.14. The molecule has 7 nitrogen and oxygen atoms in total. The molecule has 0 aromatic carbocycles. The second kappa shape index (κ2) is 6.41. The average Bonchev–Trinajstić information content (AvgIpc) is 3.18. The van der Waals surface area contributed by atoms with Gasteiger partial charge in [0.25, 0.3) is 0 Å². The smallest absolute Gasteiger partial charge is 0.296 e. The largest absolute Gasteiger partial charge is 0.399 e. The molecule has 2 aliphatic rings. The van der Waals surface area contributed by atoms with Crippen LogP contribution in [-0.4, -0.2) is 45.9 Å². The van der Waals surface area contributed by atoms with E-state index in [0.29, 0.717) is 24.1 Å². The van der Waals surface area contributed by atoms with Gasteiger partial charge in [0.2, 0.25) is 5.95 Å². The quantitative estimate of drug-likeness (QED) is 0.751. The number of nitrogens with zero attached hydrogens (tertiary/aromatic N) is 5. The predicted octanol–water partition coefficient (Wildman–Crippen LogP) is 3.11. The van der Waals surface area contributed by atoms with Crippen LogP contribution in [0.1, 0.15) is 43.6 Å². The molecule has 0 saturated carbocycles. The van der Waals surface area contributed by atoms with Crippen LogP contribution < -0.4 is 0 Å². The lowest BCUT2D eigenvalue weighted by atomic mass is 9.84. The molecule has 2 aromatic heterocycles. The summed E-state index contributed by atoms with van der Waals surface area (Å²) >= 11 is 0. The molecule has 0 bridgehead atoms. The van der Waals surface area contributed by atoms with Gasteiger partial charge in [0.05, 0.1) is 17.1 Å². The Kier molecular flexibility index (Phi) is 4.45. The van der Waals surface area contributed by atoms with Crippen molar-refractivity contribution in [1.82, 2.24) is 19.3 Å². The zero-order chi connectivity index (χ0) is 21.2. The fraction of sp³-hybridized carbons (Fsp3) is 0.611. The molecule has 29 heavy (non-hydrogen) atoms. The summed E-state index contributed by atoms with van der Waals surface area (Å²) in [5, 5.41) is 4.60. The van der Waals surface area contributed by atoms with Crippen LogP contribution in [0, 0.1) is 5.41 Å². The van der Waals surface area contributed by atoms with Gasteiger partial charge >= 0.3 is 6.18 Å². The molecule has 0 amide bonds. The van der Waals surface area contributed by atoms with Gasteiger partial charge < -0.3 is 0 Å². The first-order chi connectivity index (χ1) is 13.5. The third kappa shape index (κ3) is 3.01. The van der Waals surface area contributed by atoms with Crippen LogP contribution in [0.5, 0.6) is 0 Å². The Bertz CT molecular complexity index is 1110. The van der Waals surface area contributed by atoms with Crippen molar-refractivity contribution >= 4 is 21.9 Å². The highest BCUT2D eigenvalue weighted by atomic mass is 32.2. The number of alkyl halides is 3. The monoisotopic (exact) mass is 429 g/mol. The molecular weight excluding hydrogens is 407 g/mol. The molecule has 1 aliphatic heterocycles. The second-order valence-electron chi connectivity index (χ2n) is 7.84. The Labute approximate surface area is 166 Å². The third-order valence-corrected chi connectivity index (χ3v) is 7.51. The van der Waals surface area contributed by atoms with E-state index in [-0.39, 0.29) is 34.7 Å². The van der Waals surface area contributed by atoms with E-state index in [9.17, 15) is 21.6 Å². The maximum Gasteiger partial charge on any atom is 0.399 e. The van der Waals surface area contributed by atoms with Crippen molar-refractivity contribution in [3.05, 3.63) is 17.0 Å². The number of hydrogen-bond acceptors (Lipinski definition) is 5. The first-order valence-electron chi connectivity index (χ1n) is 9.50. The number of hydrogen-bond donors (Lipinski definition) is 0. The van der Waals surface area contributed by atoms with E-state index in [0.717, 1.165) is 26.0 Å². The van der Waals surface area contributed by atoms with Gasteiger partial charge in [-0.1, -0.05) is 6.92 Å². The predicted molar refractivity (Wildman–Crippen MR) is 101 cm³/mol. The van der Waals surface area contributed by atoms with Crippen molar-refractivity contribution in [2.24, 2.45) is 17.5 Å². The molecule has 3 heterocycles. The Morgan fingerprint density at radius 2 is 1.90 bits per heavy atom. The molecule has 11 heteroatoms. The highest BCUT2D eigenvalue weighted by Crippen LogP contribution is 2.44. The third-order valence-electron chi connectivity index (χ3n) is 5.74. The van der Waals surface area contributed by atoms with E-state index in [1.807, 2.05) is 0 Å². The first kappa shape index (κ1) is 20.1. The Balaban J connectivity index is 1.89. The van der Waals surface area contributed by atoms with Crippen molar-refractivity contribution < 1.29 is 21.6 Å². The van der Waals surface area contributed by atoms with E-state index in [4.69, 9.17) is 0 Å². The minimum atomic E-state index is -4.46. The molecule has 1 unspecified atom stereocenters. The standard InChI is InChI=1S/C18H22F3N5O2S/c1-4-29(27,28)15-11-7-5-6-8-12(11)24-26(15)16-23-13-9-17(2,18(19,20)21)10-22-14(13)25(16)3/h10H,4-9H2,1-3H3. The Hall–Kier alpha value is -2.17. The maximum atomic E-state index is 13.4. The van der Waals surface area contributed by atoms with E-state index in [2.05, 4.69) is 15.1 Å². The number of sulfone groups is 1. The SMILES string of the molecule is CCS(=O)(=O)c1c2c(nn1-c1nc3c(n1C)N=CC(C)(C(F)(F)F)C3)CCCC2. The van der Waals surface area contributed by atoms with E-state index in [1.54, 1.807) is 14.0 Å².